The average molecular weight is 281 g/mol. The topological polar surface area (TPSA) is 21.3 Å². The molecular formula is C18H35NO. The first-order chi connectivity index (χ1) is 9.71. The van der Waals surface area contributed by atoms with E-state index in [0.717, 1.165) is 18.4 Å². The number of hydrogen-bond donors (Lipinski definition) is 1. The van der Waals surface area contributed by atoms with E-state index in [-0.39, 0.29) is 5.60 Å². The number of hydrogen-bond acceptors (Lipinski definition) is 2. The van der Waals surface area contributed by atoms with Crippen LogP contribution in [0.15, 0.2) is 0 Å². The summed E-state index contributed by atoms with van der Waals surface area (Å²) >= 11 is 0. The minimum atomic E-state index is 0.251. The van der Waals surface area contributed by atoms with Gasteiger partial charge in [0, 0.05) is 12.6 Å². The monoisotopic (exact) mass is 281 g/mol. The Morgan fingerprint density at radius 1 is 1.20 bits per heavy atom. The molecule has 0 aromatic heterocycles. The van der Waals surface area contributed by atoms with Gasteiger partial charge in [0.1, 0.15) is 0 Å². The van der Waals surface area contributed by atoms with Crippen LogP contribution in [0.5, 0.6) is 0 Å². The van der Waals surface area contributed by atoms with Gasteiger partial charge in [-0.15, -0.1) is 0 Å². The predicted octanol–water partition coefficient (Wildman–Crippen LogP) is 4.53. The molecule has 0 amide bonds. The summed E-state index contributed by atoms with van der Waals surface area (Å²) in [5.41, 5.74) is 0.251. The minimum absolute atomic E-state index is 0.251. The maximum atomic E-state index is 6.28. The van der Waals surface area contributed by atoms with Crippen molar-refractivity contribution in [1.29, 1.82) is 0 Å². The molecule has 3 unspecified atom stereocenters. The predicted molar refractivity (Wildman–Crippen MR) is 86.0 cm³/mol. The lowest BCUT2D eigenvalue weighted by Crippen LogP contribution is -2.50. The molecule has 0 aromatic carbocycles. The molecule has 1 aliphatic carbocycles. The Morgan fingerprint density at radius 3 is 2.60 bits per heavy atom. The minimum Gasteiger partial charge on any atom is -0.375 e. The number of nitrogens with one attached hydrogen (secondary N) is 1. The Labute approximate surface area is 126 Å². The Morgan fingerprint density at radius 2 is 1.95 bits per heavy atom. The highest BCUT2D eigenvalue weighted by molar-refractivity contribution is 4.94. The van der Waals surface area contributed by atoms with Crippen molar-refractivity contribution in [3.63, 3.8) is 0 Å². The summed E-state index contributed by atoms with van der Waals surface area (Å²) in [5, 5.41) is 3.86. The Balaban J connectivity index is 1.99. The van der Waals surface area contributed by atoms with Crippen LogP contribution in [0.3, 0.4) is 0 Å². The SMILES string of the molecule is CCCNC(C(C)CC)C1CCOC2(CCCCC2)C1. The zero-order valence-corrected chi connectivity index (χ0v) is 13.9. The van der Waals surface area contributed by atoms with Gasteiger partial charge in [0.05, 0.1) is 5.60 Å². The molecule has 0 radical (unpaired) electrons. The van der Waals surface area contributed by atoms with Crippen molar-refractivity contribution in [2.75, 3.05) is 13.2 Å². The van der Waals surface area contributed by atoms with Gasteiger partial charge in [0.15, 0.2) is 0 Å². The molecule has 1 saturated heterocycles. The lowest BCUT2D eigenvalue weighted by molar-refractivity contribution is -0.124. The molecular weight excluding hydrogens is 246 g/mol. The highest BCUT2D eigenvalue weighted by atomic mass is 16.5. The Hall–Kier alpha value is -0.0800. The first kappa shape index (κ1) is 16.3. The van der Waals surface area contributed by atoms with Gasteiger partial charge >= 0.3 is 0 Å². The van der Waals surface area contributed by atoms with E-state index in [2.05, 4.69) is 26.1 Å². The summed E-state index contributed by atoms with van der Waals surface area (Å²) in [7, 11) is 0. The van der Waals surface area contributed by atoms with Crippen LogP contribution in [-0.4, -0.2) is 24.8 Å². The summed E-state index contributed by atoms with van der Waals surface area (Å²) in [5.74, 6) is 1.61. The molecule has 1 N–H and O–H groups in total. The van der Waals surface area contributed by atoms with Crippen molar-refractivity contribution in [3.05, 3.63) is 0 Å². The standard InChI is InChI=1S/C18H35NO/c1-4-12-19-17(15(3)5-2)16-9-13-20-18(14-16)10-7-6-8-11-18/h15-17,19H,4-14H2,1-3H3. The van der Waals surface area contributed by atoms with E-state index in [4.69, 9.17) is 4.74 Å². The van der Waals surface area contributed by atoms with Crippen LogP contribution in [0.2, 0.25) is 0 Å². The van der Waals surface area contributed by atoms with E-state index in [9.17, 15) is 0 Å². The third kappa shape index (κ3) is 3.98. The van der Waals surface area contributed by atoms with Gasteiger partial charge in [0.25, 0.3) is 0 Å². The van der Waals surface area contributed by atoms with Crippen molar-refractivity contribution in [2.24, 2.45) is 11.8 Å². The maximum absolute atomic E-state index is 6.28. The maximum Gasteiger partial charge on any atom is 0.0685 e. The van der Waals surface area contributed by atoms with Crippen LogP contribution in [0.4, 0.5) is 0 Å². The van der Waals surface area contributed by atoms with E-state index >= 15 is 0 Å². The van der Waals surface area contributed by atoms with Crippen molar-refractivity contribution < 1.29 is 4.74 Å². The van der Waals surface area contributed by atoms with Crippen LogP contribution in [0.25, 0.3) is 0 Å². The molecule has 2 fully saturated rings. The largest absolute Gasteiger partial charge is 0.375 e. The second-order valence-electron chi connectivity index (χ2n) is 7.21. The van der Waals surface area contributed by atoms with Gasteiger partial charge < -0.3 is 10.1 Å². The third-order valence-corrected chi connectivity index (χ3v) is 5.69. The summed E-state index contributed by atoms with van der Waals surface area (Å²) in [6, 6.07) is 0.697. The molecule has 3 atom stereocenters. The first-order valence-electron chi connectivity index (χ1n) is 9.08. The van der Waals surface area contributed by atoms with Gasteiger partial charge in [-0.25, -0.2) is 0 Å². The fraction of sp³-hybridized carbons (Fsp3) is 1.00. The van der Waals surface area contributed by atoms with Gasteiger partial charge in [-0.2, -0.15) is 0 Å². The lowest BCUT2D eigenvalue weighted by atomic mass is 9.72. The second-order valence-corrected chi connectivity index (χ2v) is 7.21. The molecule has 2 aliphatic rings. The normalized spacial score (nSPS) is 29.2. The van der Waals surface area contributed by atoms with E-state index < -0.39 is 0 Å². The van der Waals surface area contributed by atoms with Crippen molar-refractivity contribution >= 4 is 0 Å². The van der Waals surface area contributed by atoms with Gasteiger partial charge in [-0.05, 0) is 50.5 Å². The molecule has 2 nitrogen and oxygen atoms in total. The second kappa shape index (κ2) is 7.79. The molecule has 1 saturated carbocycles. The molecule has 0 aromatic rings. The van der Waals surface area contributed by atoms with Crippen molar-refractivity contribution in [2.45, 2.75) is 90.2 Å². The zero-order chi connectivity index (χ0) is 14.4. The molecule has 1 spiro atoms. The van der Waals surface area contributed by atoms with Crippen LogP contribution in [0.1, 0.15) is 78.6 Å². The summed E-state index contributed by atoms with van der Waals surface area (Å²) in [6.45, 7) is 9.19. The third-order valence-electron chi connectivity index (χ3n) is 5.69. The highest BCUT2D eigenvalue weighted by Gasteiger charge is 2.41. The van der Waals surface area contributed by atoms with Crippen LogP contribution < -0.4 is 5.32 Å². The summed E-state index contributed by atoms with van der Waals surface area (Å²) in [6.07, 6.45) is 11.9. The highest BCUT2D eigenvalue weighted by Crippen LogP contribution is 2.42. The molecule has 1 heterocycles. The number of ether oxygens (including phenoxy) is 1. The first-order valence-corrected chi connectivity index (χ1v) is 9.08. The Bertz CT molecular complexity index is 267. The van der Waals surface area contributed by atoms with E-state index in [1.54, 1.807) is 0 Å². The average Bonchev–Trinajstić information content (AvgIpc) is 2.48. The van der Waals surface area contributed by atoms with Gasteiger partial charge in [0.2, 0.25) is 0 Å². The van der Waals surface area contributed by atoms with Crippen molar-refractivity contribution in [3.8, 4) is 0 Å². The lowest BCUT2D eigenvalue weighted by Gasteiger charge is -2.46. The quantitative estimate of drug-likeness (QED) is 0.772. The molecule has 1 aliphatic heterocycles. The molecule has 2 rings (SSSR count). The smallest absolute Gasteiger partial charge is 0.0685 e. The van der Waals surface area contributed by atoms with Crippen LogP contribution in [0, 0.1) is 11.8 Å². The van der Waals surface area contributed by atoms with Gasteiger partial charge in [-0.1, -0.05) is 46.5 Å². The van der Waals surface area contributed by atoms with Crippen molar-refractivity contribution in [1.82, 2.24) is 5.32 Å². The summed E-state index contributed by atoms with van der Waals surface area (Å²) < 4.78 is 6.28. The van der Waals surface area contributed by atoms with E-state index in [1.165, 1.54) is 64.3 Å². The molecule has 20 heavy (non-hydrogen) atoms. The summed E-state index contributed by atoms with van der Waals surface area (Å²) in [4.78, 5) is 0. The van der Waals surface area contributed by atoms with E-state index in [1.807, 2.05) is 0 Å². The van der Waals surface area contributed by atoms with Crippen LogP contribution >= 0.6 is 0 Å². The van der Waals surface area contributed by atoms with Gasteiger partial charge in [-0.3, -0.25) is 0 Å². The Kier molecular flexibility index (Phi) is 6.35. The number of rotatable bonds is 6. The fourth-order valence-electron chi connectivity index (χ4n) is 4.31. The zero-order valence-electron chi connectivity index (χ0n) is 13.9. The molecule has 118 valence electrons. The van der Waals surface area contributed by atoms with Crippen LogP contribution in [-0.2, 0) is 4.74 Å². The molecule has 0 bridgehead atoms. The van der Waals surface area contributed by atoms with E-state index in [0.29, 0.717) is 6.04 Å². The fourth-order valence-corrected chi connectivity index (χ4v) is 4.31. The molecule has 2 heteroatoms.